The number of unbranched alkanes of at least 4 members (excludes halogenated alkanes) is 1. The number of carbonyl (C=O) groups is 1. The van der Waals surface area contributed by atoms with Crippen LogP contribution in [0.4, 0.5) is 10.1 Å². The fourth-order valence-electron chi connectivity index (χ4n) is 2.84. The number of amides is 1. The Kier molecular flexibility index (Phi) is 8.55. The molecule has 6 heteroatoms. The molecule has 25 heavy (non-hydrogen) atoms. The molecule has 1 aliphatic heterocycles. The lowest BCUT2D eigenvalue weighted by molar-refractivity contribution is -0.120. The van der Waals surface area contributed by atoms with Crippen LogP contribution < -0.4 is 10.2 Å². The summed E-state index contributed by atoms with van der Waals surface area (Å²) in [5, 5.41) is 3.08. The molecular weight excluding hydrogens is 337 g/mol. The molecular formula is C19H30FN3OS. The third kappa shape index (κ3) is 6.86. The van der Waals surface area contributed by atoms with E-state index >= 15 is 0 Å². The monoisotopic (exact) mass is 367 g/mol. The molecule has 0 aliphatic carbocycles. The second-order valence-corrected chi connectivity index (χ2v) is 7.91. The Morgan fingerprint density at radius 1 is 1.24 bits per heavy atom. The molecule has 140 valence electrons. The van der Waals surface area contributed by atoms with Crippen molar-refractivity contribution in [3.8, 4) is 0 Å². The van der Waals surface area contributed by atoms with Gasteiger partial charge >= 0.3 is 0 Å². The number of thioether (sulfide) groups is 1. The number of hydrogen-bond donors (Lipinski definition) is 1. The van der Waals surface area contributed by atoms with Gasteiger partial charge in [-0.1, -0.05) is 13.3 Å². The first-order valence-electron chi connectivity index (χ1n) is 9.22. The van der Waals surface area contributed by atoms with Gasteiger partial charge in [0.05, 0.1) is 5.25 Å². The summed E-state index contributed by atoms with van der Waals surface area (Å²) in [6.07, 6.45) is 2.34. The second-order valence-electron chi connectivity index (χ2n) is 6.46. The number of halogens is 1. The van der Waals surface area contributed by atoms with E-state index in [9.17, 15) is 9.18 Å². The SMILES string of the molecule is CCCCSC(C)C(=O)NCCN1CCN(c2ccc(F)cc2)CC1. The van der Waals surface area contributed by atoms with E-state index in [0.717, 1.165) is 44.2 Å². The van der Waals surface area contributed by atoms with Gasteiger partial charge in [-0.05, 0) is 43.4 Å². The van der Waals surface area contributed by atoms with Crippen LogP contribution >= 0.6 is 11.8 Å². The van der Waals surface area contributed by atoms with E-state index in [-0.39, 0.29) is 17.0 Å². The summed E-state index contributed by atoms with van der Waals surface area (Å²) in [5.74, 6) is 1.00. The molecule has 1 N–H and O–H groups in total. The molecule has 4 nitrogen and oxygen atoms in total. The lowest BCUT2D eigenvalue weighted by Crippen LogP contribution is -2.48. The summed E-state index contributed by atoms with van der Waals surface area (Å²) >= 11 is 1.73. The summed E-state index contributed by atoms with van der Waals surface area (Å²) in [5.41, 5.74) is 1.08. The molecule has 0 radical (unpaired) electrons. The molecule has 0 saturated carbocycles. The second kappa shape index (κ2) is 10.7. The minimum absolute atomic E-state index is 0.0295. The van der Waals surface area contributed by atoms with Gasteiger partial charge in [-0.3, -0.25) is 9.69 Å². The van der Waals surface area contributed by atoms with Crippen LogP contribution in [0, 0.1) is 5.82 Å². The molecule has 1 saturated heterocycles. The molecule has 2 rings (SSSR count). The van der Waals surface area contributed by atoms with E-state index in [1.165, 1.54) is 25.0 Å². The number of piperazine rings is 1. The first kappa shape index (κ1) is 20.0. The molecule has 1 amide bonds. The Labute approximate surface area is 155 Å². The fourth-order valence-corrected chi connectivity index (χ4v) is 3.89. The largest absolute Gasteiger partial charge is 0.369 e. The average Bonchev–Trinajstić information content (AvgIpc) is 2.63. The van der Waals surface area contributed by atoms with Crippen molar-refractivity contribution in [1.82, 2.24) is 10.2 Å². The van der Waals surface area contributed by atoms with Crippen LogP contribution in [0.15, 0.2) is 24.3 Å². The van der Waals surface area contributed by atoms with Crippen molar-refractivity contribution in [2.45, 2.75) is 31.9 Å². The first-order chi connectivity index (χ1) is 12.1. The van der Waals surface area contributed by atoms with Gasteiger partial charge in [-0.25, -0.2) is 4.39 Å². The standard InChI is InChI=1S/C19H30FN3OS/c1-3-4-15-25-16(2)19(24)21-9-10-22-11-13-23(14-12-22)18-7-5-17(20)6-8-18/h5-8,16H,3-4,9-15H2,1-2H3,(H,21,24). The van der Waals surface area contributed by atoms with Crippen molar-refractivity contribution in [1.29, 1.82) is 0 Å². The van der Waals surface area contributed by atoms with E-state index in [2.05, 4.69) is 22.0 Å². The van der Waals surface area contributed by atoms with Crippen molar-refractivity contribution in [2.75, 3.05) is 49.9 Å². The van der Waals surface area contributed by atoms with E-state index in [4.69, 9.17) is 0 Å². The smallest absolute Gasteiger partial charge is 0.232 e. The van der Waals surface area contributed by atoms with Gasteiger partial charge in [-0.15, -0.1) is 11.8 Å². The Morgan fingerprint density at radius 2 is 1.92 bits per heavy atom. The highest BCUT2D eigenvalue weighted by Crippen LogP contribution is 2.17. The maximum atomic E-state index is 13.0. The zero-order valence-electron chi connectivity index (χ0n) is 15.3. The quantitative estimate of drug-likeness (QED) is 0.681. The van der Waals surface area contributed by atoms with Crippen molar-refractivity contribution in [3.05, 3.63) is 30.1 Å². The van der Waals surface area contributed by atoms with Crippen LogP contribution in [0.5, 0.6) is 0 Å². The molecule has 1 heterocycles. The fraction of sp³-hybridized carbons (Fsp3) is 0.632. The zero-order valence-corrected chi connectivity index (χ0v) is 16.2. The topological polar surface area (TPSA) is 35.6 Å². The van der Waals surface area contributed by atoms with Crippen LogP contribution in [-0.2, 0) is 4.79 Å². The minimum atomic E-state index is -0.194. The summed E-state index contributed by atoms with van der Waals surface area (Å²) in [7, 11) is 0. The minimum Gasteiger partial charge on any atom is -0.369 e. The van der Waals surface area contributed by atoms with Crippen molar-refractivity contribution in [3.63, 3.8) is 0 Å². The Hall–Kier alpha value is -1.27. The predicted molar refractivity (Wildman–Crippen MR) is 105 cm³/mol. The highest BCUT2D eigenvalue weighted by atomic mass is 32.2. The Balaban J connectivity index is 1.62. The van der Waals surface area contributed by atoms with E-state index in [0.29, 0.717) is 6.54 Å². The van der Waals surface area contributed by atoms with Gasteiger partial charge in [0.2, 0.25) is 5.91 Å². The Morgan fingerprint density at radius 3 is 2.56 bits per heavy atom. The highest BCUT2D eigenvalue weighted by Gasteiger charge is 2.18. The molecule has 1 unspecified atom stereocenters. The highest BCUT2D eigenvalue weighted by molar-refractivity contribution is 8.00. The van der Waals surface area contributed by atoms with Crippen LogP contribution in [-0.4, -0.2) is 61.1 Å². The van der Waals surface area contributed by atoms with Crippen molar-refractivity contribution < 1.29 is 9.18 Å². The van der Waals surface area contributed by atoms with Crippen LogP contribution in [0.3, 0.4) is 0 Å². The van der Waals surface area contributed by atoms with Crippen LogP contribution in [0.25, 0.3) is 0 Å². The predicted octanol–water partition coefficient (Wildman–Crippen LogP) is 2.99. The van der Waals surface area contributed by atoms with Crippen molar-refractivity contribution >= 4 is 23.4 Å². The molecule has 1 aliphatic rings. The van der Waals surface area contributed by atoms with E-state index in [1.54, 1.807) is 11.8 Å². The Bertz CT molecular complexity index is 518. The van der Waals surface area contributed by atoms with Crippen molar-refractivity contribution in [2.24, 2.45) is 0 Å². The zero-order chi connectivity index (χ0) is 18.1. The maximum absolute atomic E-state index is 13.0. The number of benzene rings is 1. The summed E-state index contributed by atoms with van der Waals surface area (Å²) in [6.45, 7) is 9.54. The van der Waals surface area contributed by atoms with Crippen LogP contribution in [0.1, 0.15) is 26.7 Å². The third-order valence-electron chi connectivity index (χ3n) is 4.53. The van der Waals surface area contributed by atoms with E-state index < -0.39 is 0 Å². The summed E-state index contributed by atoms with van der Waals surface area (Å²) in [6, 6.07) is 6.69. The van der Waals surface area contributed by atoms with Gasteiger partial charge in [-0.2, -0.15) is 0 Å². The number of carbonyl (C=O) groups excluding carboxylic acids is 1. The lowest BCUT2D eigenvalue weighted by atomic mass is 10.2. The third-order valence-corrected chi connectivity index (χ3v) is 5.76. The lowest BCUT2D eigenvalue weighted by Gasteiger charge is -2.36. The molecule has 0 bridgehead atoms. The molecule has 0 spiro atoms. The maximum Gasteiger partial charge on any atom is 0.232 e. The van der Waals surface area contributed by atoms with Gasteiger partial charge in [0.1, 0.15) is 5.82 Å². The number of rotatable bonds is 9. The first-order valence-corrected chi connectivity index (χ1v) is 10.3. The molecule has 1 aromatic rings. The number of anilines is 1. The number of nitrogens with zero attached hydrogens (tertiary/aromatic N) is 2. The molecule has 1 aromatic carbocycles. The van der Waals surface area contributed by atoms with Gasteiger partial charge in [0, 0.05) is 45.0 Å². The number of nitrogens with one attached hydrogen (secondary N) is 1. The average molecular weight is 368 g/mol. The molecule has 0 aromatic heterocycles. The normalized spacial score (nSPS) is 16.7. The summed E-state index contributed by atoms with van der Waals surface area (Å²) < 4.78 is 13.0. The molecule has 1 atom stereocenters. The summed E-state index contributed by atoms with van der Waals surface area (Å²) in [4.78, 5) is 16.7. The van der Waals surface area contributed by atoms with Crippen LogP contribution in [0.2, 0.25) is 0 Å². The van der Waals surface area contributed by atoms with Gasteiger partial charge < -0.3 is 10.2 Å². The molecule has 1 fully saturated rings. The van der Waals surface area contributed by atoms with Gasteiger partial charge in [0.25, 0.3) is 0 Å². The van der Waals surface area contributed by atoms with Gasteiger partial charge in [0.15, 0.2) is 0 Å². The van der Waals surface area contributed by atoms with E-state index in [1.807, 2.05) is 19.1 Å². The number of hydrogen-bond acceptors (Lipinski definition) is 4.